The van der Waals surface area contributed by atoms with E-state index in [-0.39, 0.29) is 5.41 Å². The summed E-state index contributed by atoms with van der Waals surface area (Å²) in [6.07, 6.45) is 0. The molecule has 2 heteroatoms. The van der Waals surface area contributed by atoms with Crippen LogP contribution >= 0.6 is 0 Å². The van der Waals surface area contributed by atoms with Crippen LogP contribution in [-0.2, 0) is 5.41 Å². The van der Waals surface area contributed by atoms with Crippen molar-refractivity contribution in [3.05, 3.63) is 545 Å². The van der Waals surface area contributed by atoms with Crippen LogP contribution in [0.4, 0.5) is 0 Å². The predicted molar refractivity (Wildman–Crippen MR) is 624 cm³/mol. The zero-order valence-electron chi connectivity index (χ0n) is 80.2. The van der Waals surface area contributed by atoms with E-state index < -0.39 is 0 Å². The summed E-state index contributed by atoms with van der Waals surface area (Å²) in [5, 5.41) is 41.4. The molecule has 28 aromatic carbocycles. The summed E-state index contributed by atoms with van der Waals surface area (Å²) in [5.74, 6) is 0. The highest BCUT2D eigenvalue weighted by molar-refractivity contribution is 6.28. The second kappa shape index (κ2) is 34.4. The Labute approximate surface area is 839 Å². The minimum absolute atomic E-state index is 0.0338. The van der Waals surface area contributed by atoms with E-state index in [2.05, 4.69) is 557 Å². The Morgan fingerprint density at radius 2 is 0.421 bits per heavy atom. The first kappa shape index (κ1) is 84.5. The monoisotopic (exact) mass is 1840 g/mol. The molecule has 0 N–H and O–H groups in total. The van der Waals surface area contributed by atoms with Crippen molar-refractivity contribution in [3.8, 4) is 78.1 Å². The lowest BCUT2D eigenvalue weighted by Gasteiger charge is -2.21. The van der Waals surface area contributed by atoms with E-state index in [0.29, 0.717) is 0 Å². The third kappa shape index (κ3) is 14.2. The van der Waals surface area contributed by atoms with E-state index >= 15 is 0 Å². The Balaban J connectivity index is 0.0000000939. The molecule has 2 heterocycles. The molecule has 1 aliphatic rings. The zero-order chi connectivity index (χ0) is 95.9. The second-order valence-electron chi connectivity index (χ2n) is 39.6. The average Bonchev–Trinajstić information content (AvgIpc) is 1.64. The summed E-state index contributed by atoms with van der Waals surface area (Å²) >= 11 is 0. The van der Waals surface area contributed by atoms with Gasteiger partial charge in [-0.3, -0.25) is 0 Å². The number of nitrogens with zero attached hydrogens (tertiary/aromatic N) is 2. The summed E-state index contributed by atoms with van der Waals surface area (Å²) < 4.78 is 4.74. The molecule has 0 atom stereocenters. The molecule has 0 bridgehead atoms. The Hall–Kier alpha value is -18.6. The van der Waals surface area contributed by atoms with Crippen molar-refractivity contribution >= 4 is 194 Å². The fourth-order valence-electron chi connectivity index (χ4n) is 24.2. The molecule has 676 valence electrons. The molecule has 145 heavy (non-hydrogen) atoms. The van der Waals surface area contributed by atoms with Crippen LogP contribution in [0.25, 0.3) is 273 Å². The first-order valence-corrected chi connectivity index (χ1v) is 50.5. The maximum atomic E-state index is 2.42. The van der Waals surface area contributed by atoms with E-state index in [1.54, 1.807) is 0 Å². The summed E-state index contributed by atoms with van der Waals surface area (Å²) in [4.78, 5) is 0. The number of hydrogen-bond acceptors (Lipinski definition) is 0. The van der Waals surface area contributed by atoms with Gasteiger partial charge in [0.25, 0.3) is 0 Å². The molecule has 0 aliphatic heterocycles. The summed E-state index contributed by atoms with van der Waals surface area (Å²) in [6, 6.07) is 196. The number of rotatable bonds is 7. The average molecular weight is 1840 g/mol. The van der Waals surface area contributed by atoms with Crippen LogP contribution in [0.2, 0.25) is 0 Å². The standard InChI is InChI=1S/C38H24.2C36H23N.C33H24/c1-3-9-27-21-29(15-13-25(27)7-1)30-19-20-34-31(23-30)17-18-33-24-37(35-11-5-6-12-36(35)38(33)34)32-16-14-26-8-2-4-10-28(26)22-32;1-2-12-27(13-3-1)37-34-17-9-8-16-30(34)33-23-26(19-21-35(33)37)32-22-25-11-5-7-15-29(25)36-28-14-6-4-10-24(28)18-20-31(32)36;1-2-9-29(10-3-1)37-34-13-7-6-12-31(34)33-23-28(20-21-35(33)37)27-19-16-25-15-18-26-17-14-24-8-4-5-11-30(24)36(26)32(25)22-27;1-33(2)30-14-8-7-13-26(30)29-20-23(16-18-31(29)33)28-19-22-10-4-6-12-25(22)32-24-11-5-3-9-21(24)15-17-27(28)32/h1-24H;2*1-23H;3-20H,1-2H3. The maximum absolute atomic E-state index is 2.42. The summed E-state index contributed by atoms with van der Waals surface area (Å²) in [7, 11) is 0. The lowest BCUT2D eigenvalue weighted by atomic mass is 9.82. The van der Waals surface area contributed by atoms with Gasteiger partial charge < -0.3 is 9.13 Å². The normalized spacial score (nSPS) is 12.3. The topological polar surface area (TPSA) is 9.86 Å². The molecule has 0 spiro atoms. The minimum atomic E-state index is 0.0338. The quantitative estimate of drug-likeness (QED) is 0.141. The van der Waals surface area contributed by atoms with Crippen LogP contribution in [-0.4, -0.2) is 9.13 Å². The molecule has 30 aromatic rings. The largest absolute Gasteiger partial charge is 0.309 e. The van der Waals surface area contributed by atoms with Crippen LogP contribution in [0.15, 0.2) is 534 Å². The van der Waals surface area contributed by atoms with Gasteiger partial charge in [0.05, 0.1) is 22.1 Å². The van der Waals surface area contributed by atoms with Gasteiger partial charge in [-0.05, 0) is 338 Å². The van der Waals surface area contributed by atoms with Gasteiger partial charge in [0.2, 0.25) is 0 Å². The molecule has 2 nitrogen and oxygen atoms in total. The third-order valence-electron chi connectivity index (χ3n) is 31.1. The molecular weight excluding hydrogens is 1750 g/mol. The lowest BCUT2D eigenvalue weighted by molar-refractivity contribution is 0.660. The number of fused-ring (bicyclic) bond motifs is 31. The minimum Gasteiger partial charge on any atom is -0.309 e. The van der Waals surface area contributed by atoms with Crippen LogP contribution in [0.5, 0.6) is 0 Å². The van der Waals surface area contributed by atoms with Crippen LogP contribution in [0.3, 0.4) is 0 Å². The van der Waals surface area contributed by atoms with Gasteiger partial charge in [0, 0.05) is 38.3 Å². The Bertz CT molecular complexity index is 10500. The SMILES string of the molecule is CC1(C)c2ccccc2-c2cc(-c3cc4ccccc4c4c3ccc3ccccc34)ccc21.c1ccc(-n2c3ccccc3c3cc(-c4cc5ccccc5c5c4ccc4ccccc45)ccc32)cc1.c1ccc(-n2c3ccccc3c3cc(-c4ccc5ccc6ccc7ccccc7c6c5c4)ccc32)cc1.c1ccc2cc(-c3ccc4c(ccc5cc(-c6ccc7ccccc7c6)c6ccccc6c54)c3)ccc2c1. The van der Waals surface area contributed by atoms with Crippen molar-refractivity contribution in [3.63, 3.8) is 0 Å². The van der Waals surface area contributed by atoms with Crippen molar-refractivity contribution in [2.75, 3.05) is 0 Å². The van der Waals surface area contributed by atoms with Gasteiger partial charge in [0.1, 0.15) is 0 Å². The molecule has 0 saturated heterocycles. The molecule has 31 rings (SSSR count). The zero-order valence-corrected chi connectivity index (χ0v) is 80.2. The van der Waals surface area contributed by atoms with E-state index in [1.165, 1.54) is 284 Å². The molecule has 2 aromatic heterocycles. The highest BCUT2D eigenvalue weighted by Crippen LogP contribution is 2.52. The summed E-state index contributed by atoms with van der Waals surface area (Å²) in [5.41, 5.74) is 25.5. The fourth-order valence-corrected chi connectivity index (χ4v) is 24.2. The van der Waals surface area contributed by atoms with Crippen molar-refractivity contribution in [2.45, 2.75) is 19.3 Å². The number of para-hydroxylation sites is 4. The Kier molecular flexibility index (Phi) is 20.1. The Morgan fingerprint density at radius 3 is 0.986 bits per heavy atom. The van der Waals surface area contributed by atoms with Crippen molar-refractivity contribution in [1.82, 2.24) is 9.13 Å². The van der Waals surface area contributed by atoms with Gasteiger partial charge in [0.15, 0.2) is 0 Å². The van der Waals surface area contributed by atoms with Crippen molar-refractivity contribution in [1.29, 1.82) is 0 Å². The molecule has 0 radical (unpaired) electrons. The molecule has 0 amide bonds. The molecule has 0 saturated carbocycles. The first-order chi connectivity index (χ1) is 71.7. The van der Waals surface area contributed by atoms with Crippen LogP contribution < -0.4 is 0 Å². The second-order valence-corrected chi connectivity index (χ2v) is 39.6. The lowest BCUT2D eigenvalue weighted by Crippen LogP contribution is -2.14. The third-order valence-corrected chi connectivity index (χ3v) is 31.1. The van der Waals surface area contributed by atoms with Crippen LogP contribution in [0, 0.1) is 0 Å². The molecular formula is C143H94N2. The molecule has 1 aliphatic carbocycles. The van der Waals surface area contributed by atoms with Crippen LogP contribution in [0.1, 0.15) is 25.0 Å². The van der Waals surface area contributed by atoms with Gasteiger partial charge >= 0.3 is 0 Å². The first-order valence-electron chi connectivity index (χ1n) is 50.5. The van der Waals surface area contributed by atoms with Gasteiger partial charge in [-0.15, -0.1) is 0 Å². The number of benzene rings is 28. The fraction of sp³-hybridized carbons (Fsp3) is 0.0210. The van der Waals surface area contributed by atoms with Gasteiger partial charge in [-0.25, -0.2) is 0 Å². The Morgan fingerprint density at radius 1 is 0.131 bits per heavy atom. The van der Waals surface area contributed by atoms with E-state index in [4.69, 9.17) is 0 Å². The summed E-state index contributed by atoms with van der Waals surface area (Å²) in [6.45, 7) is 4.68. The molecule has 0 fully saturated rings. The van der Waals surface area contributed by atoms with E-state index in [0.717, 1.165) is 0 Å². The maximum Gasteiger partial charge on any atom is 0.0541 e. The van der Waals surface area contributed by atoms with E-state index in [1.807, 2.05) is 0 Å². The molecule has 0 unspecified atom stereocenters. The van der Waals surface area contributed by atoms with Gasteiger partial charge in [-0.2, -0.15) is 0 Å². The smallest absolute Gasteiger partial charge is 0.0541 e. The van der Waals surface area contributed by atoms with Gasteiger partial charge in [-0.1, -0.05) is 438 Å². The van der Waals surface area contributed by atoms with E-state index in [9.17, 15) is 0 Å². The number of aromatic nitrogens is 2. The van der Waals surface area contributed by atoms with Crippen molar-refractivity contribution < 1.29 is 0 Å². The number of hydrogen-bond donors (Lipinski definition) is 0. The highest BCUT2D eigenvalue weighted by atomic mass is 15.0. The predicted octanol–water partition coefficient (Wildman–Crippen LogP) is 39.7. The van der Waals surface area contributed by atoms with Crippen molar-refractivity contribution in [2.24, 2.45) is 0 Å². The highest BCUT2D eigenvalue weighted by Gasteiger charge is 2.36.